The molecule has 6 aromatic rings. The highest BCUT2D eigenvalue weighted by Gasteiger charge is 2.32. The van der Waals surface area contributed by atoms with Crippen molar-refractivity contribution in [2.75, 3.05) is 0 Å². The molecule has 1 atom stereocenters. The highest BCUT2D eigenvalue weighted by Crippen LogP contribution is 2.48. The SMILES string of the molecule is N#Cc1ccc2[nH]c(-c3cccc4c3-c3ccccc3C4NC(=O)c3ccnc4[nH]ccc34)cc2c1. The van der Waals surface area contributed by atoms with Gasteiger partial charge in [0.05, 0.1) is 23.2 Å². The summed E-state index contributed by atoms with van der Waals surface area (Å²) in [4.78, 5) is 24.4. The van der Waals surface area contributed by atoms with Crippen LogP contribution in [0.25, 0.3) is 44.3 Å². The van der Waals surface area contributed by atoms with Crippen LogP contribution in [0.3, 0.4) is 0 Å². The number of H-pyrrole nitrogens is 2. The Morgan fingerprint density at radius 1 is 0.944 bits per heavy atom. The lowest BCUT2D eigenvalue weighted by Crippen LogP contribution is -2.28. The maximum absolute atomic E-state index is 13.5. The van der Waals surface area contributed by atoms with Crippen LogP contribution in [0, 0.1) is 11.3 Å². The molecule has 0 saturated heterocycles. The summed E-state index contributed by atoms with van der Waals surface area (Å²) in [6, 6.07) is 27.7. The molecule has 1 aliphatic carbocycles. The van der Waals surface area contributed by atoms with Crippen LogP contribution in [0.1, 0.15) is 33.1 Å². The van der Waals surface area contributed by atoms with Crippen molar-refractivity contribution >= 4 is 27.8 Å². The Kier molecular flexibility index (Phi) is 4.32. The summed E-state index contributed by atoms with van der Waals surface area (Å²) < 4.78 is 0. The van der Waals surface area contributed by atoms with Gasteiger partial charge in [-0.3, -0.25) is 4.79 Å². The van der Waals surface area contributed by atoms with Gasteiger partial charge in [-0.1, -0.05) is 42.5 Å². The normalized spacial score (nSPS) is 13.9. The molecule has 6 heteroatoms. The average Bonchev–Trinajstić information content (AvgIpc) is 3.64. The highest BCUT2D eigenvalue weighted by molar-refractivity contribution is 6.06. The third kappa shape index (κ3) is 2.97. The van der Waals surface area contributed by atoms with Gasteiger partial charge in [-0.15, -0.1) is 0 Å². The average molecular weight is 466 g/mol. The van der Waals surface area contributed by atoms with Crippen molar-refractivity contribution in [2.24, 2.45) is 0 Å². The van der Waals surface area contributed by atoms with Gasteiger partial charge in [-0.05, 0) is 58.7 Å². The van der Waals surface area contributed by atoms with Crippen LogP contribution >= 0.6 is 0 Å². The summed E-state index contributed by atoms with van der Waals surface area (Å²) in [5, 5.41) is 14.4. The van der Waals surface area contributed by atoms with Crippen LogP contribution in [-0.4, -0.2) is 20.9 Å². The molecular formula is C30H19N5O. The number of fused-ring (bicyclic) bond motifs is 5. The van der Waals surface area contributed by atoms with Crippen LogP contribution < -0.4 is 5.32 Å². The molecule has 3 N–H and O–H groups in total. The van der Waals surface area contributed by atoms with Gasteiger partial charge in [0.25, 0.3) is 5.91 Å². The Labute approximate surface area is 206 Å². The van der Waals surface area contributed by atoms with E-state index in [1.165, 1.54) is 0 Å². The second-order valence-electron chi connectivity index (χ2n) is 8.96. The zero-order valence-corrected chi connectivity index (χ0v) is 19.0. The monoisotopic (exact) mass is 465 g/mol. The van der Waals surface area contributed by atoms with Crippen molar-refractivity contribution in [2.45, 2.75) is 6.04 Å². The molecule has 3 heterocycles. The first-order chi connectivity index (χ1) is 17.7. The fraction of sp³-hybridized carbons (Fsp3) is 0.0333. The first-order valence-corrected chi connectivity index (χ1v) is 11.7. The van der Waals surface area contributed by atoms with Gasteiger partial charge < -0.3 is 15.3 Å². The van der Waals surface area contributed by atoms with E-state index >= 15 is 0 Å². The molecule has 1 unspecified atom stereocenters. The minimum atomic E-state index is -0.277. The number of nitriles is 1. The molecule has 6 nitrogen and oxygen atoms in total. The fourth-order valence-corrected chi connectivity index (χ4v) is 5.35. The summed E-state index contributed by atoms with van der Waals surface area (Å²) in [6.07, 6.45) is 3.44. The van der Waals surface area contributed by atoms with Crippen LogP contribution in [0.5, 0.6) is 0 Å². The number of rotatable bonds is 3. The van der Waals surface area contributed by atoms with E-state index in [0.29, 0.717) is 16.8 Å². The Morgan fingerprint density at radius 3 is 2.72 bits per heavy atom. The largest absolute Gasteiger partial charge is 0.355 e. The van der Waals surface area contributed by atoms with E-state index in [-0.39, 0.29) is 11.9 Å². The van der Waals surface area contributed by atoms with E-state index in [1.54, 1.807) is 18.5 Å². The number of benzene rings is 3. The summed E-state index contributed by atoms with van der Waals surface area (Å²) in [7, 11) is 0. The van der Waals surface area contributed by atoms with E-state index < -0.39 is 0 Å². The zero-order valence-electron chi connectivity index (χ0n) is 19.0. The van der Waals surface area contributed by atoms with Crippen molar-refractivity contribution in [3.05, 3.63) is 114 Å². The number of carbonyl (C=O) groups excluding carboxylic acids is 1. The second-order valence-corrected chi connectivity index (χ2v) is 8.96. The Hall–Kier alpha value is -5.15. The van der Waals surface area contributed by atoms with Crippen LogP contribution in [0.2, 0.25) is 0 Å². The van der Waals surface area contributed by atoms with E-state index in [1.807, 2.05) is 42.5 Å². The van der Waals surface area contributed by atoms with Gasteiger partial charge in [-0.2, -0.15) is 5.26 Å². The Bertz CT molecular complexity index is 1870. The minimum Gasteiger partial charge on any atom is -0.355 e. The molecule has 0 fully saturated rings. The fourth-order valence-electron chi connectivity index (χ4n) is 5.35. The topological polar surface area (TPSA) is 97.4 Å². The molecule has 3 aromatic heterocycles. The number of hydrogen-bond donors (Lipinski definition) is 3. The van der Waals surface area contributed by atoms with E-state index in [4.69, 9.17) is 0 Å². The predicted molar refractivity (Wildman–Crippen MR) is 139 cm³/mol. The van der Waals surface area contributed by atoms with Crippen molar-refractivity contribution in [1.29, 1.82) is 5.26 Å². The maximum Gasteiger partial charge on any atom is 0.252 e. The summed E-state index contributed by atoms with van der Waals surface area (Å²) in [5.74, 6) is -0.144. The Balaban J connectivity index is 1.35. The maximum atomic E-state index is 13.5. The number of nitrogens with zero attached hydrogens (tertiary/aromatic N) is 2. The molecule has 0 radical (unpaired) electrons. The van der Waals surface area contributed by atoms with Crippen LogP contribution in [-0.2, 0) is 0 Å². The van der Waals surface area contributed by atoms with Crippen LogP contribution in [0.15, 0.2) is 91.3 Å². The molecule has 7 rings (SSSR count). The number of nitrogens with one attached hydrogen (secondary N) is 3. The third-order valence-electron chi connectivity index (χ3n) is 6.97. The Morgan fingerprint density at radius 2 is 1.81 bits per heavy atom. The van der Waals surface area contributed by atoms with Crippen molar-refractivity contribution < 1.29 is 4.79 Å². The zero-order chi connectivity index (χ0) is 24.2. The number of pyridine rings is 1. The molecule has 1 amide bonds. The van der Waals surface area contributed by atoms with Crippen molar-refractivity contribution in [1.82, 2.24) is 20.3 Å². The number of aromatic nitrogens is 3. The van der Waals surface area contributed by atoms with Gasteiger partial charge in [0.15, 0.2) is 0 Å². The summed E-state index contributed by atoms with van der Waals surface area (Å²) >= 11 is 0. The third-order valence-corrected chi connectivity index (χ3v) is 6.97. The van der Waals surface area contributed by atoms with Gasteiger partial charge in [0.2, 0.25) is 0 Å². The van der Waals surface area contributed by atoms with Gasteiger partial charge in [0, 0.05) is 39.9 Å². The van der Waals surface area contributed by atoms with Crippen molar-refractivity contribution in [3.63, 3.8) is 0 Å². The van der Waals surface area contributed by atoms with E-state index in [9.17, 15) is 10.1 Å². The lowest BCUT2D eigenvalue weighted by molar-refractivity contribution is 0.0945. The molecule has 1 aliphatic rings. The smallest absolute Gasteiger partial charge is 0.252 e. The number of amides is 1. The van der Waals surface area contributed by atoms with Gasteiger partial charge in [-0.25, -0.2) is 4.98 Å². The second kappa shape index (κ2) is 7.69. The van der Waals surface area contributed by atoms with Crippen molar-refractivity contribution in [3.8, 4) is 28.5 Å². The van der Waals surface area contributed by atoms with E-state index in [0.717, 1.165) is 49.8 Å². The highest BCUT2D eigenvalue weighted by atomic mass is 16.1. The molecular weight excluding hydrogens is 446 g/mol. The lowest BCUT2D eigenvalue weighted by atomic mass is 9.97. The first kappa shape index (κ1) is 20.2. The minimum absolute atomic E-state index is 0.144. The predicted octanol–water partition coefficient (Wildman–Crippen LogP) is 6.08. The molecule has 0 bridgehead atoms. The first-order valence-electron chi connectivity index (χ1n) is 11.7. The van der Waals surface area contributed by atoms with Crippen LogP contribution in [0.4, 0.5) is 0 Å². The van der Waals surface area contributed by atoms with Gasteiger partial charge >= 0.3 is 0 Å². The quantitative estimate of drug-likeness (QED) is 0.295. The number of hydrogen-bond acceptors (Lipinski definition) is 3. The molecule has 0 saturated carbocycles. The standard InChI is InChI=1S/C30H19N5O/c31-16-17-8-9-25-18(14-17)15-26(34-25)23-6-3-7-24-27(23)19-4-1-2-5-20(19)28(24)35-30(36)22-11-13-33-29-21(22)10-12-32-29/h1-15,28,34H,(H,32,33)(H,35,36). The number of carbonyl (C=O) groups is 1. The molecule has 36 heavy (non-hydrogen) atoms. The number of aromatic amines is 2. The molecule has 0 spiro atoms. The molecule has 3 aromatic carbocycles. The van der Waals surface area contributed by atoms with E-state index in [2.05, 4.69) is 56.7 Å². The summed E-state index contributed by atoms with van der Waals surface area (Å²) in [6.45, 7) is 0. The van der Waals surface area contributed by atoms with Gasteiger partial charge in [0.1, 0.15) is 5.65 Å². The molecule has 0 aliphatic heterocycles. The lowest BCUT2D eigenvalue weighted by Gasteiger charge is -2.17. The summed E-state index contributed by atoms with van der Waals surface area (Å²) in [5.41, 5.74) is 9.25. The molecule has 170 valence electrons.